The number of amides is 1. The predicted molar refractivity (Wildman–Crippen MR) is 87.4 cm³/mol. The van der Waals surface area contributed by atoms with E-state index < -0.39 is 0 Å². The summed E-state index contributed by atoms with van der Waals surface area (Å²) in [4.78, 5) is 11.8. The van der Waals surface area contributed by atoms with E-state index in [1.807, 2.05) is 24.3 Å². The highest BCUT2D eigenvalue weighted by atomic mass is 16.1. The van der Waals surface area contributed by atoms with Gasteiger partial charge in [0, 0.05) is 6.54 Å². The number of hydrogen-bond donors (Lipinski definition) is 2. The molecule has 2 aromatic rings. The molecular formula is C18H19N3O. The van der Waals surface area contributed by atoms with E-state index in [0.717, 1.165) is 12.8 Å². The molecule has 0 aliphatic carbocycles. The summed E-state index contributed by atoms with van der Waals surface area (Å²) in [5.41, 5.74) is 2.50. The summed E-state index contributed by atoms with van der Waals surface area (Å²) in [6.07, 6.45) is 1.86. The molecule has 1 amide bonds. The third-order valence-electron chi connectivity index (χ3n) is 3.29. The number of carbonyl (C=O) groups is 1. The molecule has 0 spiro atoms. The van der Waals surface area contributed by atoms with Crippen molar-refractivity contribution >= 4 is 11.6 Å². The molecule has 2 N–H and O–H groups in total. The Balaban J connectivity index is 1.67. The Morgan fingerprint density at radius 1 is 1.05 bits per heavy atom. The Kier molecular flexibility index (Phi) is 6.01. The Hall–Kier alpha value is -2.80. The van der Waals surface area contributed by atoms with Crippen LogP contribution in [0.25, 0.3) is 0 Å². The van der Waals surface area contributed by atoms with E-state index in [1.54, 1.807) is 18.2 Å². The van der Waals surface area contributed by atoms with E-state index >= 15 is 0 Å². The van der Waals surface area contributed by atoms with E-state index in [-0.39, 0.29) is 12.5 Å². The number of carbonyl (C=O) groups excluding carboxylic acids is 1. The highest BCUT2D eigenvalue weighted by Crippen LogP contribution is 2.12. The van der Waals surface area contributed by atoms with E-state index in [2.05, 4.69) is 28.8 Å². The zero-order valence-corrected chi connectivity index (χ0v) is 12.4. The van der Waals surface area contributed by atoms with Crippen LogP contribution in [0.15, 0.2) is 54.6 Å². The quantitative estimate of drug-likeness (QED) is 0.771. The maximum Gasteiger partial charge on any atom is 0.239 e. The van der Waals surface area contributed by atoms with Gasteiger partial charge < -0.3 is 10.6 Å². The third kappa shape index (κ3) is 4.95. The zero-order chi connectivity index (χ0) is 15.6. The van der Waals surface area contributed by atoms with Gasteiger partial charge in [-0.25, -0.2) is 0 Å². The van der Waals surface area contributed by atoms with Crippen molar-refractivity contribution in [3.63, 3.8) is 0 Å². The van der Waals surface area contributed by atoms with Crippen molar-refractivity contribution in [2.45, 2.75) is 12.8 Å². The maximum atomic E-state index is 11.8. The lowest BCUT2D eigenvalue weighted by molar-refractivity contribution is -0.119. The molecule has 0 radical (unpaired) electrons. The monoisotopic (exact) mass is 293 g/mol. The van der Waals surface area contributed by atoms with Crippen LogP contribution in [0, 0.1) is 11.3 Å². The van der Waals surface area contributed by atoms with Gasteiger partial charge in [-0.2, -0.15) is 5.26 Å². The first-order valence-corrected chi connectivity index (χ1v) is 7.33. The van der Waals surface area contributed by atoms with Gasteiger partial charge in [-0.3, -0.25) is 4.79 Å². The zero-order valence-electron chi connectivity index (χ0n) is 12.4. The summed E-state index contributed by atoms with van der Waals surface area (Å²) in [5.74, 6) is -0.0687. The second kappa shape index (κ2) is 8.48. The van der Waals surface area contributed by atoms with Gasteiger partial charge in [0.2, 0.25) is 5.91 Å². The normalized spacial score (nSPS) is 9.77. The van der Waals surface area contributed by atoms with Crippen LogP contribution in [0.1, 0.15) is 17.5 Å². The van der Waals surface area contributed by atoms with Gasteiger partial charge in [-0.15, -0.1) is 0 Å². The molecule has 0 aliphatic heterocycles. The number of nitriles is 1. The fourth-order valence-corrected chi connectivity index (χ4v) is 2.14. The van der Waals surface area contributed by atoms with Crippen molar-refractivity contribution in [2.24, 2.45) is 0 Å². The minimum atomic E-state index is -0.0687. The minimum absolute atomic E-state index is 0.0687. The highest BCUT2D eigenvalue weighted by molar-refractivity contribution is 5.81. The van der Waals surface area contributed by atoms with Gasteiger partial charge in [0.1, 0.15) is 6.07 Å². The molecule has 0 aliphatic rings. The number of benzene rings is 2. The summed E-state index contributed by atoms with van der Waals surface area (Å²) >= 11 is 0. The molecular weight excluding hydrogens is 274 g/mol. The van der Waals surface area contributed by atoms with Gasteiger partial charge in [0.15, 0.2) is 0 Å². The standard InChI is InChI=1S/C18H19N3O/c19-13-16-10-4-5-11-17(16)21-14-18(22)20-12-6-9-15-7-2-1-3-8-15/h1-5,7-8,10-11,21H,6,9,12,14H2,(H,20,22). The second-order valence-electron chi connectivity index (χ2n) is 4.95. The summed E-state index contributed by atoms with van der Waals surface area (Å²) in [7, 11) is 0. The van der Waals surface area contributed by atoms with E-state index in [0.29, 0.717) is 17.8 Å². The van der Waals surface area contributed by atoms with Crippen molar-refractivity contribution in [1.29, 1.82) is 5.26 Å². The molecule has 2 aromatic carbocycles. The van der Waals surface area contributed by atoms with Gasteiger partial charge in [0.05, 0.1) is 17.8 Å². The molecule has 0 fully saturated rings. The third-order valence-corrected chi connectivity index (χ3v) is 3.29. The second-order valence-corrected chi connectivity index (χ2v) is 4.95. The molecule has 4 heteroatoms. The van der Waals surface area contributed by atoms with Crippen LogP contribution >= 0.6 is 0 Å². The Morgan fingerprint density at radius 3 is 2.55 bits per heavy atom. The molecule has 0 bridgehead atoms. The fourth-order valence-electron chi connectivity index (χ4n) is 2.14. The van der Waals surface area contributed by atoms with Crippen molar-refractivity contribution < 1.29 is 4.79 Å². The van der Waals surface area contributed by atoms with E-state index in [9.17, 15) is 4.79 Å². The van der Waals surface area contributed by atoms with Gasteiger partial charge in [-0.05, 0) is 30.5 Å². The van der Waals surface area contributed by atoms with Crippen LogP contribution in [0.2, 0.25) is 0 Å². The summed E-state index contributed by atoms with van der Waals surface area (Å²) in [6.45, 7) is 0.819. The summed E-state index contributed by atoms with van der Waals surface area (Å²) in [5, 5.41) is 14.8. The van der Waals surface area contributed by atoms with Crippen LogP contribution in [-0.2, 0) is 11.2 Å². The van der Waals surface area contributed by atoms with Crippen molar-refractivity contribution in [3.8, 4) is 6.07 Å². The first-order chi connectivity index (χ1) is 10.8. The van der Waals surface area contributed by atoms with Crippen LogP contribution in [0.4, 0.5) is 5.69 Å². The molecule has 0 saturated heterocycles. The Morgan fingerprint density at radius 2 is 1.77 bits per heavy atom. The lowest BCUT2D eigenvalue weighted by Crippen LogP contribution is -2.30. The Bertz CT molecular complexity index is 647. The fraction of sp³-hybridized carbons (Fsp3) is 0.222. The number of aryl methyl sites for hydroxylation is 1. The minimum Gasteiger partial charge on any atom is -0.375 e. The molecule has 0 atom stereocenters. The van der Waals surface area contributed by atoms with Crippen LogP contribution < -0.4 is 10.6 Å². The van der Waals surface area contributed by atoms with Crippen molar-refractivity contribution in [1.82, 2.24) is 5.32 Å². The highest BCUT2D eigenvalue weighted by Gasteiger charge is 2.03. The molecule has 2 rings (SSSR count). The number of anilines is 1. The smallest absolute Gasteiger partial charge is 0.239 e. The molecule has 112 valence electrons. The average molecular weight is 293 g/mol. The molecule has 4 nitrogen and oxygen atoms in total. The molecule has 0 unspecified atom stereocenters. The Labute approximate surface area is 130 Å². The molecule has 0 saturated carbocycles. The molecule has 22 heavy (non-hydrogen) atoms. The maximum absolute atomic E-state index is 11.8. The van der Waals surface area contributed by atoms with Crippen LogP contribution in [0.5, 0.6) is 0 Å². The van der Waals surface area contributed by atoms with Crippen LogP contribution in [-0.4, -0.2) is 19.0 Å². The molecule has 0 heterocycles. The first-order valence-electron chi connectivity index (χ1n) is 7.33. The number of hydrogen-bond acceptors (Lipinski definition) is 3. The number of nitrogens with zero attached hydrogens (tertiary/aromatic N) is 1. The lowest BCUT2D eigenvalue weighted by atomic mass is 10.1. The van der Waals surface area contributed by atoms with Gasteiger partial charge in [0.25, 0.3) is 0 Å². The lowest BCUT2D eigenvalue weighted by Gasteiger charge is -2.09. The van der Waals surface area contributed by atoms with E-state index in [1.165, 1.54) is 5.56 Å². The van der Waals surface area contributed by atoms with Crippen LogP contribution in [0.3, 0.4) is 0 Å². The van der Waals surface area contributed by atoms with Gasteiger partial charge >= 0.3 is 0 Å². The van der Waals surface area contributed by atoms with E-state index in [4.69, 9.17) is 5.26 Å². The number of nitrogens with one attached hydrogen (secondary N) is 2. The number of para-hydroxylation sites is 1. The van der Waals surface area contributed by atoms with Gasteiger partial charge in [-0.1, -0.05) is 42.5 Å². The average Bonchev–Trinajstić information content (AvgIpc) is 2.58. The topological polar surface area (TPSA) is 64.9 Å². The molecule has 0 aromatic heterocycles. The SMILES string of the molecule is N#Cc1ccccc1NCC(=O)NCCCc1ccccc1. The van der Waals surface area contributed by atoms with Crippen molar-refractivity contribution in [2.75, 3.05) is 18.4 Å². The number of rotatable bonds is 7. The predicted octanol–water partition coefficient (Wildman–Crippen LogP) is 2.72. The summed E-state index contributed by atoms with van der Waals surface area (Å²) in [6, 6.07) is 19.4. The largest absolute Gasteiger partial charge is 0.375 e. The first kappa shape index (κ1) is 15.6. The summed E-state index contributed by atoms with van der Waals surface area (Å²) < 4.78 is 0. The van der Waals surface area contributed by atoms with Crippen molar-refractivity contribution in [3.05, 3.63) is 65.7 Å².